The van der Waals surface area contributed by atoms with Gasteiger partial charge in [-0.05, 0) is 41.2 Å². The number of benzene rings is 3. The Hall–Kier alpha value is -3.87. The summed E-state index contributed by atoms with van der Waals surface area (Å²) in [6, 6.07) is 13.8. The molecule has 4 rings (SSSR count). The Morgan fingerprint density at radius 2 is 1.60 bits per heavy atom. The summed E-state index contributed by atoms with van der Waals surface area (Å²) in [5.41, 5.74) is 2.92. The Morgan fingerprint density at radius 3 is 2.23 bits per heavy atom. The third-order valence-electron chi connectivity index (χ3n) is 5.56. The largest absolute Gasteiger partial charge is 0.508 e. The number of aromatic hydroxyl groups is 3. The summed E-state index contributed by atoms with van der Waals surface area (Å²) in [7, 11) is 0. The number of phenolic OH excluding ortho intramolecular Hbond substituents is 3. The molecule has 0 bridgehead atoms. The van der Waals surface area contributed by atoms with E-state index in [1.807, 2.05) is 0 Å². The highest BCUT2D eigenvalue weighted by atomic mass is 16.6. The summed E-state index contributed by atoms with van der Waals surface area (Å²) in [4.78, 5) is 23.2. The lowest BCUT2D eigenvalue weighted by Crippen LogP contribution is -2.21. The molecule has 7 heteroatoms. The topological polar surface area (TPSA) is 121 Å². The molecule has 0 fully saturated rings. The molecule has 3 aromatic rings. The minimum Gasteiger partial charge on any atom is -0.508 e. The van der Waals surface area contributed by atoms with Crippen LogP contribution >= 0.6 is 0 Å². The van der Waals surface area contributed by atoms with E-state index in [0.717, 1.165) is 11.1 Å². The van der Waals surface area contributed by atoms with Crippen molar-refractivity contribution in [2.45, 2.75) is 25.2 Å². The van der Waals surface area contributed by atoms with Gasteiger partial charge in [0, 0.05) is 36.6 Å². The van der Waals surface area contributed by atoms with Crippen LogP contribution in [0, 0.1) is 10.1 Å². The minimum absolute atomic E-state index is 0.0294. The third-order valence-corrected chi connectivity index (χ3v) is 5.56. The van der Waals surface area contributed by atoms with E-state index in [9.17, 15) is 30.2 Å². The molecule has 30 heavy (non-hydrogen) atoms. The molecule has 0 saturated heterocycles. The molecule has 0 aliphatic heterocycles. The monoisotopic (exact) mass is 405 g/mol. The summed E-state index contributed by atoms with van der Waals surface area (Å²) < 4.78 is 0. The molecule has 0 amide bonds. The van der Waals surface area contributed by atoms with Gasteiger partial charge in [0.2, 0.25) is 0 Å². The van der Waals surface area contributed by atoms with Gasteiger partial charge in [0.1, 0.15) is 17.2 Å². The van der Waals surface area contributed by atoms with Crippen molar-refractivity contribution in [3.05, 3.63) is 92.5 Å². The van der Waals surface area contributed by atoms with Gasteiger partial charge >= 0.3 is 0 Å². The summed E-state index contributed by atoms with van der Waals surface area (Å²) in [6.45, 7) is 0. The Labute approximate surface area is 172 Å². The normalized spacial score (nSPS) is 15.6. The van der Waals surface area contributed by atoms with Crippen LogP contribution in [0.5, 0.6) is 17.2 Å². The average molecular weight is 405 g/mol. The number of fused-ring (bicyclic) bond motifs is 1. The molecule has 0 saturated carbocycles. The number of hydrogen-bond donors (Lipinski definition) is 3. The van der Waals surface area contributed by atoms with Gasteiger partial charge in [0.05, 0.1) is 10.5 Å². The highest BCUT2D eigenvalue weighted by Gasteiger charge is 2.32. The number of rotatable bonds is 4. The summed E-state index contributed by atoms with van der Waals surface area (Å²) in [5, 5.41) is 41.2. The van der Waals surface area contributed by atoms with Crippen LogP contribution in [0.15, 0.2) is 54.6 Å². The number of phenols is 3. The van der Waals surface area contributed by atoms with Crippen LogP contribution in [0.1, 0.15) is 45.0 Å². The number of carbonyl (C=O) groups excluding carboxylic acids is 1. The predicted octanol–water partition coefficient (Wildman–Crippen LogP) is 4.22. The third kappa shape index (κ3) is 3.57. The van der Waals surface area contributed by atoms with Crippen LogP contribution in [-0.2, 0) is 12.8 Å². The van der Waals surface area contributed by atoms with Crippen molar-refractivity contribution >= 4 is 11.5 Å². The van der Waals surface area contributed by atoms with Gasteiger partial charge in [-0.25, -0.2) is 0 Å². The first-order chi connectivity index (χ1) is 14.3. The number of nitro benzene ring substituents is 1. The Balaban J connectivity index is 1.74. The molecule has 1 aliphatic rings. The van der Waals surface area contributed by atoms with Gasteiger partial charge < -0.3 is 15.3 Å². The first-order valence-corrected chi connectivity index (χ1v) is 9.45. The predicted molar refractivity (Wildman–Crippen MR) is 109 cm³/mol. The zero-order valence-electron chi connectivity index (χ0n) is 15.9. The second-order valence-corrected chi connectivity index (χ2v) is 7.47. The van der Waals surface area contributed by atoms with Crippen molar-refractivity contribution in [2.24, 2.45) is 0 Å². The van der Waals surface area contributed by atoms with Crippen molar-refractivity contribution in [1.82, 2.24) is 0 Å². The summed E-state index contributed by atoms with van der Waals surface area (Å²) in [6.07, 6.45) is 0.922. The Morgan fingerprint density at radius 1 is 0.933 bits per heavy atom. The minimum atomic E-state index is -0.482. The Kier molecular flexibility index (Phi) is 4.87. The van der Waals surface area contributed by atoms with E-state index in [4.69, 9.17) is 0 Å². The van der Waals surface area contributed by atoms with E-state index in [-0.39, 0.29) is 53.0 Å². The molecule has 1 unspecified atom stereocenters. The maximum Gasteiger partial charge on any atom is 0.269 e. The maximum absolute atomic E-state index is 12.8. The number of non-ortho nitro benzene ring substituents is 1. The van der Waals surface area contributed by atoms with Gasteiger partial charge in [-0.3, -0.25) is 14.9 Å². The Bertz CT molecular complexity index is 1140. The van der Waals surface area contributed by atoms with E-state index in [0.29, 0.717) is 17.5 Å². The zero-order chi connectivity index (χ0) is 21.4. The smallest absolute Gasteiger partial charge is 0.269 e. The number of nitrogens with zero attached hydrogens (tertiary/aromatic N) is 1. The first kappa shape index (κ1) is 19.4. The van der Waals surface area contributed by atoms with Crippen LogP contribution in [-0.4, -0.2) is 26.0 Å². The van der Waals surface area contributed by atoms with E-state index >= 15 is 0 Å². The second-order valence-electron chi connectivity index (χ2n) is 7.47. The fraction of sp³-hybridized carbons (Fsp3) is 0.174. The quantitative estimate of drug-likeness (QED) is 0.441. The molecule has 0 spiro atoms. The molecular formula is C23H19NO6. The summed E-state index contributed by atoms with van der Waals surface area (Å²) in [5.74, 6) is -0.595. The number of carbonyl (C=O) groups is 1. The van der Waals surface area contributed by atoms with E-state index in [2.05, 4.69) is 0 Å². The van der Waals surface area contributed by atoms with Gasteiger partial charge in [-0.15, -0.1) is 0 Å². The fourth-order valence-electron chi connectivity index (χ4n) is 4.05. The highest BCUT2D eigenvalue weighted by Crippen LogP contribution is 2.42. The number of ketones is 1. The molecule has 7 nitrogen and oxygen atoms in total. The van der Waals surface area contributed by atoms with Gasteiger partial charge in [0.25, 0.3) is 5.69 Å². The average Bonchev–Trinajstić information content (AvgIpc) is 2.71. The molecule has 3 N–H and O–H groups in total. The van der Waals surface area contributed by atoms with E-state index in [1.54, 1.807) is 36.4 Å². The van der Waals surface area contributed by atoms with Crippen LogP contribution in [0.25, 0.3) is 0 Å². The van der Waals surface area contributed by atoms with Crippen molar-refractivity contribution in [2.75, 3.05) is 0 Å². The number of hydrogen-bond acceptors (Lipinski definition) is 6. The second kappa shape index (κ2) is 7.51. The van der Waals surface area contributed by atoms with Crippen molar-refractivity contribution in [1.29, 1.82) is 0 Å². The summed E-state index contributed by atoms with van der Waals surface area (Å²) >= 11 is 0. The van der Waals surface area contributed by atoms with Crippen LogP contribution < -0.4 is 0 Å². The number of nitro groups is 1. The van der Waals surface area contributed by atoms with Crippen molar-refractivity contribution in [3.63, 3.8) is 0 Å². The fourth-order valence-corrected chi connectivity index (χ4v) is 4.05. The van der Waals surface area contributed by atoms with Gasteiger partial charge in [-0.1, -0.05) is 24.3 Å². The van der Waals surface area contributed by atoms with Crippen LogP contribution in [0.4, 0.5) is 5.69 Å². The van der Waals surface area contributed by atoms with Crippen molar-refractivity contribution < 1.29 is 25.0 Å². The van der Waals surface area contributed by atoms with Crippen LogP contribution in [0.3, 0.4) is 0 Å². The lowest BCUT2D eigenvalue weighted by atomic mass is 9.76. The molecule has 0 aromatic heterocycles. The van der Waals surface area contributed by atoms with E-state index < -0.39 is 4.92 Å². The van der Waals surface area contributed by atoms with Crippen molar-refractivity contribution in [3.8, 4) is 17.2 Å². The van der Waals surface area contributed by atoms with Gasteiger partial charge in [0.15, 0.2) is 5.78 Å². The molecular weight excluding hydrogens is 386 g/mol. The highest BCUT2D eigenvalue weighted by molar-refractivity contribution is 6.02. The molecule has 152 valence electrons. The standard InChI is InChI=1S/C23H19NO6/c25-17-7-3-14(4-8-17)15-10-19-18(9-13-1-5-16(6-2-13)24(29)30)20(26)12-22(28)23(19)21(27)11-15/h1-8,12,15,25-26,28H,9-11H2. The molecule has 3 aromatic carbocycles. The number of Topliss-reactive ketones (excluding diaryl/α,β-unsaturated/α-hetero) is 1. The zero-order valence-corrected chi connectivity index (χ0v) is 15.9. The van der Waals surface area contributed by atoms with E-state index in [1.165, 1.54) is 18.2 Å². The molecule has 0 radical (unpaired) electrons. The molecule has 0 heterocycles. The maximum atomic E-state index is 12.8. The lowest BCUT2D eigenvalue weighted by Gasteiger charge is -2.27. The SMILES string of the molecule is O=C1CC(c2ccc(O)cc2)Cc2c(Cc3ccc([N+](=O)[O-])cc3)c(O)cc(O)c21. The van der Waals surface area contributed by atoms with Crippen LogP contribution in [0.2, 0.25) is 0 Å². The molecule has 1 atom stereocenters. The first-order valence-electron chi connectivity index (χ1n) is 9.45. The molecule has 1 aliphatic carbocycles. The van der Waals surface area contributed by atoms with Gasteiger partial charge in [-0.2, -0.15) is 0 Å². The lowest BCUT2D eigenvalue weighted by molar-refractivity contribution is -0.384.